The van der Waals surface area contributed by atoms with Gasteiger partial charge in [0.15, 0.2) is 11.5 Å². The number of hydrogen-bond acceptors (Lipinski definition) is 6. The lowest BCUT2D eigenvalue weighted by Crippen LogP contribution is -2.34. The van der Waals surface area contributed by atoms with Crippen LogP contribution in [-0.4, -0.2) is 23.7 Å². The lowest BCUT2D eigenvalue weighted by molar-refractivity contribution is -0.384. The van der Waals surface area contributed by atoms with Crippen molar-refractivity contribution < 1.29 is 19.2 Å². The monoisotopic (exact) mass is 293 g/mol. The van der Waals surface area contributed by atoms with E-state index in [1.165, 1.54) is 12.1 Å². The number of fused-ring (bicyclic) bond motifs is 1. The summed E-state index contributed by atoms with van der Waals surface area (Å²) in [6.45, 7) is 0.0113. The largest absolute Gasteiger partial charge is 0.454 e. The van der Waals surface area contributed by atoms with Crippen molar-refractivity contribution in [3.8, 4) is 11.5 Å². The number of nitro benzene ring substituents is 1. The Balaban J connectivity index is 1.87. The fraction of sp³-hybridized carbons (Fsp3) is 0.462. The number of benzene rings is 1. The molecule has 0 bridgehead atoms. The van der Waals surface area contributed by atoms with Crippen molar-refractivity contribution in [1.82, 2.24) is 0 Å². The van der Waals surface area contributed by atoms with Crippen LogP contribution in [0.4, 0.5) is 11.4 Å². The van der Waals surface area contributed by atoms with Crippen LogP contribution in [0.15, 0.2) is 12.1 Å². The number of amides is 1. The first-order chi connectivity index (χ1) is 10.1. The van der Waals surface area contributed by atoms with Gasteiger partial charge in [0.2, 0.25) is 12.7 Å². The molecule has 1 aliphatic heterocycles. The summed E-state index contributed by atoms with van der Waals surface area (Å²) >= 11 is 0. The average molecular weight is 293 g/mol. The molecule has 1 amide bonds. The molecule has 2 aliphatic rings. The second-order valence-electron chi connectivity index (χ2n) is 5.17. The van der Waals surface area contributed by atoms with Crippen LogP contribution in [-0.2, 0) is 4.79 Å². The van der Waals surface area contributed by atoms with Crippen LogP contribution in [0.2, 0.25) is 0 Å². The summed E-state index contributed by atoms with van der Waals surface area (Å²) in [5, 5.41) is 13.7. The van der Waals surface area contributed by atoms with Crippen molar-refractivity contribution in [2.45, 2.75) is 25.3 Å². The highest BCUT2D eigenvalue weighted by atomic mass is 16.7. The zero-order valence-corrected chi connectivity index (χ0v) is 11.2. The minimum absolute atomic E-state index is 0.0113. The smallest absolute Gasteiger partial charge is 0.296 e. The lowest BCUT2D eigenvalue weighted by atomic mass is 10.0. The van der Waals surface area contributed by atoms with E-state index >= 15 is 0 Å². The van der Waals surface area contributed by atoms with Crippen molar-refractivity contribution in [1.29, 1.82) is 0 Å². The predicted octanol–water partition coefficient (Wildman–Crippen LogP) is 1.39. The van der Waals surface area contributed by atoms with Crippen LogP contribution >= 0.6 is 0 Å². The molecule has 3 rings (SSSR count). The van der Waals surface area contributed by atoms with Gasteiger partial charge in [0.25, 0.3) is 5.69 Å². The SMILES string of the molecule is NC1CCCC1C(=O)Nc1cc2c(cc1[N+](=O)[O-])OCO2. The van der Waals surface area contributed by atoms with Crippen LogP contribution in [0.5, 0.6) is 11.5 Å². The Morgan fingerprint density at radius 2 is 2.05 bits per heavy atom. The third-order valence-corrected chi connectivity index (χ3v) is 3.85. The van der Waals surface area contributed by atoms with Crippen LogP contribution in [0, 0.1) is 16.0 Å². The van der Waals surface area contributed by atoms with E-state index in [-0.39, 0.29) is 36.0 Å². The van der Waals surface area contributed by atoms with Gasteiger partial charge in [-0.15, -0.1) is 0 Å². The van der Waals surface area contributed by atoms with E-state index in [4.69, 9.17) is 15.2 Å². The quantitative estimate of drug-likeness (QED) is 0.642. The Morgan fingerprint density at radius 1 is 1.33 bits per heavy atom. The second kappa shape index (κ2) is 5.21. The summed E-state index contributed by atoms with van der Waals surface area (Å²) in [7, 11) is 0. The third-order valence-electron chi connectivity index (χ3n) is 3.85. The summed E-state index contributed by atoms with van der Waals surface area (Å²) in [4.78, 5) is 22.8. The Labute approximate surface area is 120 Å². The predicted molar refractivity (Wildman–Crippen MR) is 73.2 cm³/mol. The first-order valence-corrected chi connectivity index (χ1v) is 6.71. The van der Waals surface area contributed by atoms with Crippen molar-refractivity contribution >= 4 is 17.3 Å². The molecule has 1 fully saturated rings. The van der Waals surface area contributed by atoms with Gasteiger partial charge in [-0.25, -0.2) is 0 Å². The Morgan fingerprint density at radius 3 is 2.67 bits per heavy atom. The zero-order chi connectivity index (χ0) is 15.0. The normalized spacial score (nSPS) is 23.1. The summed E-state index contributed by atoms with van der Waals surface area (Å²) in [6, 6.07) is 2.48. The molecule has 1 aromatic carbocycles. The number of nitro groups is 1. The van der Waals surface area contributed by atoms with E-state index in [0.29, 0.717) is 17.9 Å². The molecule has 8 nitrogen and oxygen atoms in total. The lowest BCUT2D eigenvalue weighted by Gasteiger charge is -2.15. The molecule has 0 aromatic heterocycles. The van der Waals surface area contributed by atoms with Crippen LogP contribution < -0.4 is 20.5 Å². The molecule has 2 unspecified atom stereocenters. The van der Waals surface area contributed by atoms with Gasteiger partial charge in [0, 0.05) is 12.1 Å². The Kier molecular flexibility index (Phi) is 3.38. The maximum atomic E-state index is 12.2. The van der Waals surface area contributed by atoms with Gasteiger partial charge in [0.1, 0.15) is 5.69 Å². The number of nitrogens with zero attached hydrogens (tertiary/aromatic N) is 1. The number of hydrogen-bond donors (Lipinski definition) is 2. The van der Waals surface area contributed by atoms with Crippen LogP contribution in [0.3, 0.4) is 0 Å². The number of rotatable bonds is 3. The maximum Gasteiger partial charge on any atom is 0.296 e. The zero-order valence-electron chi connectivity index (χ0n) is 11.2. The molecule has 21 heavy (non-hydrogen) atoms. The van der Waals surface area contributed by atoms with Crippen molar-refractivity contribution in [3.63, 3.8) is 0 Å². The van der Waals surface area contributed by atoms with Gasteiger partial charge in [-0.2, -0.15) is 0 Å². The minimum atomic E-state index is -0.563. The number of carbonyl (C=O) groups is 1. The van der Waals surface area contributed by atoms with Crippen molar-refractivity contribution in [3.05, 3.63) is 22.2 Å². The molecule has 3 N–H and O–H groups in total. The fourth-order valence-electron chi connectivity index (χ4n) is 2.72. The van der Waals surface area contributed by atoms with Gasteiger partial charge >= 0.3 is 0 Å². The van der Waals surface area contributed by atoms with Gasteiger partial charge in [-0.3, -0.25) is 14.9 Å². The molecule has 0 saturated heterocycles. The topological polar surface area (TPSA) is 117 Å². The summed E-state index contributed by atoms with van der Waals surface area (Å²) in [5.41, 5.74) is 5.76. The maximum absolute atomic E-state index is 12.2. The van der Waals surface area contributed by atoms with E-state index in [1.807, 2.05) is 0 Å². The average Bonchev–Trinajstić information content (AvgIpc) is 3.05. The molecule has 1 aromatic rings. The minimum Gasteiger partial charge on any atom is -0.454 e. The summed E-state index contributed by atoms with van der Waals surface area (Å²) < 4.78 is 10.3. The highest BCUT2D eigenvalue weighted by molar-refractivity contribution is 5.96. The summed E-state index contributed by atoms with van der Waals surface area (Å²) in [5.74, 6) is 0.0841. The Hall–Kier alpha value is -2.35. The molecule has 1 saturated carbocycles. The van der Waals surface area contributed by atoms with Crippen molar-refractivity contribution in [2.75, 3.05) is 12.1 Å². The molecular formula is C13H15N3O5. The standard InChI is InChI=1S/C13H15N3O5/c14-8-3-1-2-7(8)13(17)15-9-4-11-12(21-6-20-11)5-10(9)16(18)19/h4-5,7-8H,1-3,6,14H2,(H,15,17). The van der Waals surface area contributed by atoms with E-state index in [9.17, 15) is 14.9 Å². The number of ether oxygens (including phenoxy) is 2. The molecule has 0 spiro atoms. The van der Waals surface area contributed by atoms with E-state index in [2.05, 4.69) is 5.32 Å². The van der Waals surface area contributed by atoms with E-state index in [0.717, 1.165) is 12.8 Å². The second-order valence-corrected chi connectivity index (χ2v) is 5.17. The molecule has 0 radical (unpaired) electrons. The molecule has 8 heteroatoms. The van der Waals surface area contributed by atoms with Gasteiger partial charge in [-0.05, 0) is 12.8 Å². The van der Waals surface area contributed by atoms with Gasteiger partial charge in [-0.1, -0.05) is 6.42 Å². The number of carbonyl (C=O) groups excluding carboxylic acids is 1. The first-order valence-electron chi connectivity index (χ1n) is 6.71. The molecule has 1 heterocycles. The number of anilines is 1. The summed E-state index contributed by atoms with van der Waals surface area (Å²) in [6.07, 6.45) is 2.38. The highest BCUT2D eigenvalue weighted by Crippen LogP contribution is 2.41. The van der Waals surface area contributed by atoms with Gasteiger partial charge < -0.3 is 20.5 Å². The van der Waals surface area contributed by atoms with Gasteiger partial charge in [0.05, 0.1) is 16.9 Å². The molecule has 112 valence electrons. The van der Waals surface area contributed by atoms with Crippen LogP contribution in [0.25, 0.3) is 0 Å². The highest BCUT2D eigenvalue weighted by Gasteiger charge is 2.32. The molecule has 1 aliphatic carbocycles. The number of nitrogens with two attached hydrogens (primary N) is 1. The first kappa shape index (κ1) is 13.6. The van der Waals surface area contributed by atoms with Crippen LogP contribution in [0.1, 0.15) is 19.3 Å². The van der Waals surface area contributed by atoms with Crippen molar-refractivity contribution in [2.24, 2.45) is 11.7 Å². The Bertz CT molecular complexity index is 604. The van der Waals surface area contributed by atoms with E-state index < -0.39 is 4.92 Å². The molecule has 2 atom stereocenters. The third kappa shape index (κ3) is 2.49. The van der Waals surface area contributed by atoms with E-state index in [1.54, 1.807) is 0 Å². The fourth-order valence-corrected chi connectivity index (χ4v) is 2.72. The molecular weight excluding hydrogens is 278 g/mol. The number of nitrogens with one attached hydrogen (secondary N) is 1.